The molecule has 0 radical (unpaired) electrons. The van der Waals surface area contributed by atoms with Crippen molar-refractivity contribution in [3.63, 3.8) is 0 Å². The minimum atomic E-state index is -0.769. The van der Waals surface area contributed by atoms with Gasteiger partial charge in [0.2, 0.25) is 0 Å². The summed E-state index contributed by atoms with van der Waals surface area (Å²) in [4.78, 5) is 0. The Kier molecular flexibility index (Phi) is 6.34. The molecule has 0 saturated heterocycles. The molecule has 0 aliphatic carbocycles. The van der Waals surface area contributed by atoms with Crippen molar-refractivity contribution in [1.29, 1.82) is 0 Å². The van der Waals surface area contributed by atoms with Gasteiger partial charge in [0, 0.05) is 30.9 Å². The molecular weight excluding hydrogens is 607 g/mol. The van der Waals surface area contributed by atoms with Gasteiger partial charge in [0.05, 0.1) is 9.40 Å². The highest BCUT2D eigenvalue weighted by molar-refractivity contribution is 7.33. The van der Waals surface area contributed by atoms with Crippen molar-refractivity contribution in [2.24, 2.45) is 0 Å². The van der Waals surface area contributed by atoms with E-state index < -0.39 is 11.6 Å². The van der Waals surface area contributed by atoms with E-state index in [9.17, 15) is 0 Å². The fourth-order valence-electron chi connectivity index (χ4n) is 6.50. The minimum absolute atomic E-state index is 0.374. The van der Waals surface area contributed by atoms with Crippen LogP contribution in [-0.2, 0) is 0 Å². The Morgan fingerprint density at radius 2 is 0.630 bits per heavy atom. The summed E-state index contributed by atoms with van der Waals surface area (Å²) < 4.78 is 35.3. The van der Waals surface area contributed by atoms with Gasteiger partial charge in [-0.2, -0.15) is 0 Å². The van der Waals surface area contributed by atoms with E-state index in [1.165, 1.54) is 11.1 Å². The first-order valence-electron chi connectivity index (χ1n) is 15.1. The average molecular weight is 631 g/mol. The number of rotatable bonds is 4. The zero-order chi connectivity index (χ0) is 30.8. The number of thiophene rings is 2. The van der Waals surface area contributed by atoms with Crippen molar-refractivity contribution in [2.45, 2.75) is 0 Å². The van der Waals surface area contributed by atoms with Crippen LogP contribution in [0.5, 0.6) is 0 Å². The Bertz CT molecular complexity index is 2380. The molecule has 0 bridgehead atoms. The standard InChI is InChI=1S/C42H24F2S2/c43-39-37-33-21-19-31(29-15-11-27(12-16-29)25-7-3-1-4-8-25)23-35(33)45-41(37)42-38(40(39)44)34-22-20-32(24-36(34)46-42)30-17-13-28(14-18-30)26-9-5-2-6-10-26/h1-24H. The SMILES string of the molecule is Fc1c(F)c2c3ccc(-c4ccc(-c5ccccc5)cc4)cc3sc2c2sc3cc(-c4ccc(-c5ccccc5)cc4)ccc3c12. The van der Waals surface area contributed by atoms with Crippen molar-refractivity contribution < 1.29 is 8.78 Å². The van der Waals surface area contributed by atoms with Crippen molar-refractivity contribution in [3.05, 3.63) is 157 Å². The van der Waals surface area contributed by atoms with Crippen LogP contribution in [0.4, 0.5) is 8.78 Å². The van der Waals surface area contributed by atoms with Crippen LogP contribution in [0.2, 0.25) is 0 Å². The highest BCUT2D eigenvalue weighted by atomic mass is 32.1. The van der Waals surface area contributed by atoms with Gasteiger partial charge in [-0.3, -0.25) is 0 Å². The molecule has 0 aliphatic heterocycles. The molecule has 218 valence electrons. The molecule has 7 aromatic carbocycles. The van der Waals surface area contributed by atoms with Gasteiger partial charge in [-0.15, -0.1) is 22.7 Å². The summed E-state index contributed by atoms with van der Waals surface area (Å²) >= 11 is 3.08. The van der Waals surface area contributed by atoms with E-state index in [4.69, 9.17) is 0 Å². The van der Waals surface area contributed by atoms with Gasteiger partial charge in [0.15, 0.2) is 11.6 Å². The molecule has 46 heavy (non-hydrogen) atoms. The molecule has 0 saturated carbocycles. The Balaban J connectivity index is 1.13. The Labute approximate surface area is 272 Å². The zero-order valence-electron chi connectivity index (χ0n) is 24.4. The number of benzene rings is 7. The maximum Gasteiger partial charge on any atom is 0.168 e. The van der Waals surface area contributed by atoms with Gasteiger partial charge in [0.25, 0.3) is 0 Å². The number of hydrogen-bond acceptors (Lipinski definition) is 2. The lowest BCUT2D eigenvalue weighted by Crippen LogP contribution is -1.86. The van der Waals surface area contributed by atoms with Crippen molar-refractivity contribution >= 4 is 63.0 Å². The topological polar surface area (TPSA) is 0 Å². The first-order valence-corrected chi connectivity index (χ1v) is 16.8. The first kappa shape index (κ1) is 27.2. The lowest BCUT2D eigenvalue weighted by atomic mass is 9.99. The predicted octanol–water partition coefficient (Wildman–Crippen LogP) is 13.4. The fourth-order valence-corrected chi connectivity index (χ4v) is 9.11. The molecule has 0 fully saturated rings. The average Bonchev–Trinajstić information content (AvgIpc) is 3.70. The smallest absolute Gasteiger partial charge is 0.168 e. The van der Waals surface area contributed by atoms with E-state index in [0.717, 1.165) is 63.0 Å². The minimum Gasteiger partial charge on any atom is -0.203 e. The van der Waals surface area contributed by atoms with Crippen LogP contribution in [0.15, 0.2) is 146 Å². The molecule has 2 aromatic heterocycles. The van der Waals surface area contributed by atoms with Crippen molar-refractivity contribution in [1.82, 2.24) is 0 Å². The normalized spacial score (nSPS) is 11.7. The summed E-state index contributed by atoms with van der Waals surface area (Å²) in [7, 11) is 0. The van der Waals surface area contributed by atoms with E-state index in [1.807, 2.05) is 60.7 Å². The quantitative estimate of drug-likeness (QED) is 0.181. The van der Waals surface area contributed by atoms with E-state index in [0.29, 0.717) is 10.8 Å². The molecule has 0 aliphatic rings. The van der Waals surface area contributed by atoms with E-state index in [2.05, 4.69) is 84.9 Å². The van der Waals surface area contributed by atoms with Crippen LogP contribution < -0.4 is 0 Å². The molecule has 0 unspecified atom stereocenters. The maximum absolute atomic E-state index is 15.9. The van der Waals surface area contributed by atoms with Crippen LogP contribution in [0.1, 0.15) is 0 Å². The second-order valence-electron chi connectivity index (χ2n) is 11.5. The van der Waals surface area contributed by atoms with E-state index in [-0.39, 0.29) is 0 Å². The van der Waals surface area contributed by atoms with Gasteiger partial charge < -0.3 is 0 Å². The summed E-state index contributed by atoms with van der Waals surface area (Å²) in [5, 5.41) is 2.25. The van der Waals surface area contributed by atoms with Gasteiger partial charge >= 0.3 is 0 Å². The summed E-state index contributed by atoms with van der Waals surface area (Å²) in [6.45, 7) is 0. The molecule has 9 rings (SSSR count). The van der Waals surface area contributed by atoms with Gasteiger partial charge in [-0.1, -0.05) is 133 Å². The van der Waals surface area contributed by atoms with Gasteiger partial charge in [0.1, 0.15) is 0 Å². The Morgan fingerprint density at radius 1 is 0.326 bits per heavy atom. The largest absolute Gasteiger partial charge is 0.203 e. The lowest BCUT2D eigenvalue weighted by molar-refractivity contribution is 0.526. The van der Waals surface area contributed by atoms with Crippen LogP contribution in [0.3, 0.4) is 0 Å². The van der Waals surface area contributed by atoms with Gasteiger partial charge in [-0.05, 0) is 56.6 Å². The number of hydrogen-bond donors (Lipinski definition) is 0. The van der Waals surface area contributed by atoms with E-state index >= 15 is 8.78 Å². The molecule has 4 heteroatoms. The summed E-state index contributed by atoms with van der Waals surface area (Å²) in [6, 6.07) is 49.7. The van der Waals surface area contributed by atoms with E-state index in [1.54, 1.807) is 22.7 Å². The Morgan fingerprint density at radius 3 is 1.00 bits per heavy atom. The molecule has 0 spiro atoms. The second kappa shape index (κ2) is 10.7. The maximum atomic E-state index is 15.9. The molecule has 0 amide bonds. The number of fused-ring (bicyclic) bond motifs is 7. The molecule has 0 atom stereocenters. The molecule has 9 aromatic rings. The van der Waals surface area contributed by atoms with Crippen LogP contribution in [-0.4, -0.2) is 0 Å². The van der Waals surface area contributed by atoms with Crippen LogP contribution in [0.25, 0.3) is 84.9 Å². The number of halogens is 2. The third-order valence-electron chi connectivity index (χ3n) is 8.87. The highest BCUT2D eigenvalue weighted by Crippen LogP contribution is 2.48. The summed E-state index contributed by atoms with van der Waals surface area (Å²) in [6.07, 6.45) is 0. The second-order valence-corrected chi connectivity index (χ2v) is 13.7. The van der Waals surface area contributed by atoms with Gasteiger partial charge in [-0.25, -0.2) is 8.78 Å². The predicted molar refractivity (Wildman–Crippen MR) is 194 cm³/mol. The zero-order valence-corrected chi connectivity index (χ0v) is 26.1. The molecule has 2 heterocycles. The molecule has 0 nitrogen and oxygen atoms in total. The van der Waals surface area contributed by atoms with Crippen molar-refractivity contribution in [2.75, 3.05) is 0 Å². The summed E-state index contributed by atoms with van der Waals surface area (Å²) in [5.41, 5.74) is 8.93. The lowest BCUT2D eigenvalue weighted by Gasteiger charge is -2.06. The van der Waals surface area contributed by atoms with Crippen LogP contribution >= 0.6 is 22.7 Å². The molecular formula is C42H24F2S2. The third kappa shape index (κ3) is 4.37. The van der Waals surface area contributed by atoms with Crippen molar-refractivity contribution in [3.8, 4) is 44.5 Å². The monoisotopic (exact) mass is 630 g/mol. The highest BCUT2D eigenvalue weighted by Gasteiger charge is 2.23. The third-order valence-corrected chi connectivity index (χ3v) is 11.3. The van der Waals surface area contributed by atoms with Crippen LogP contribution in [0, 0.1) is 11.6 Å². The fraction of sp³-hybridized carbons (Fsp3) is 0. The summed E-state index contributed by atoms with van der Waals surface area (Å²) in [5.74, 6) is -1.54. The first-order chi connectivity index (χ1) is 22.6. The Hall–Kier alpha value is -5.16. The molecule has 0 N–H and O–H groups in total.